The van der Waals surface area contributed by atoms with Crippen molar-refractivity contribution in [3.05, 3.63) is 83.1 Å². The SMILES string of the molecule is CCN(CC)c1ccc(NC(=O)OC(CS(=O)(=O)c2ccc(Cl)cc2)c2ccncc2)c(C)c1. The minimum absolute atomic E-state index is 0.0998. The molecule has 0 fully saturated rings. The van der Waals surface area contributed by atoms with Gasteiger partial charge >= 0.3 is 6.09 Å². The van der Waals surface area contributed by atoms with E-state index in [1.54, 1.807) is 12.1 Å². The second-order valence-electron chi connectivity index (χ2n) is 7.71. The number of aryl methyl sites for hydroxylation is 1. The number of halogens is 1. The molecule has 1 aromatic heterocycles. The van der Waals surface area contributed by atoms with Gasteiger partial charge < -0.3 is 9.64 Å². The van der Waals surface area contributed by atoms with Gasteiger partial charge in [-0.05, 0) is 86.5 Å². The maximum atomic E-state index is 13.0. The molecule has 1 amide bonds. The Morgan fingerprint density at radius 2 is 1.71 bits per heavy atom. The van der Waals surface area contributed by atoms with Crippen LogP contribution in [0.4, 0.5) is 16.2 Å². The Morgan fingerprint density at radius 1 is 1.06 bits per heavy atom. The van der Waals surface area contributed by atoms with Crippen molar-refractivity contribution in [2.24, 2.45) is 0 Å². The van der Waals surface area contributed by atoms with Gasteiger partial charge in [0, 0.05) is 41.9 Å². The minimum atomic E-state index is -3.76. The summed E-state index contributed by atoms with van der Waals surface area (Å²) in [5.41, 5.74) is 3.05. The summed E-state index contributed by atoms with van der Waals surface area (Å²) >= 11 is 5.88. The quantitative estimate of drug-likeness (QED) is 0.407. The summed E-state index contributed by atoms with van der Waals surface area (Å²) in [6.45, 7) is 7.81. The predicted molar refractivity (Wildman–Crippen MR) is 135 cm³/mol. The molecule has 0 spiro atoms. The molecule has 180 valence electrons. The zero-order valence-corrected chi connectivity index (χ0v) is 20.9. The van der Waals surface area contributed by atoms with E-state index in [1.165, 1.54) is 36.7 Å². The molecule has 7 nitrogen and oxygen atoms in total. The average molecular weight is 502 g/mol. The zero-order chi connectivity index (χ0) is 24.7. The van der Waals surface area contributed by atoms with Crippen molar-refractivity contribution >= 4 is 38.9 Å². The molecule has 2 aromatic carbocycles. The van der Waals surface area contributed by atoms with Gasteiger partial charge in [0.05, 0.1) is 10.6 Å². The van der Waals surface area contributed by atoms with Crippen LogP contribution in [0.1, 0.15) is 31.1 Å². The van der Waals surface area contributed by atoms with Crippen molar-refractivity contribution in [2.45, 2.75) is 31.8 Å². The number of sulfone groups is 1. The Kier molecular flexibility index (Phi) is 8.52. The van der Waals surface area contributed by atoms with Crippen molar-refractivity contribution in [1.29, 1.82) is 0 Å². The first-order valence-electron chi connectivity index (χ1n) is 10.9. The summed E-state index contributed by atoms with van der Waals surface area (Å²) in [4.78, 5) is 19.0. The maximum Gasteiger partial charge on any atom is 0.412 e. The molecule has 0 saturated heterocycles. The highest BCUT2D eigenvalue weighted by Gasteiger charge is 2.26. The number of rotatable bonds is 9. The Bertz CT molecular complexity index is 1210. The number of amides is 1. The van der Waals surface area contributed by atoms with Crippen LogP contribution in [-0.4, -0.2) is 38.3 Å². The molecule has 0 aliphatic heterocycles. The number of carbonyl (C=O) groups excluding carboxylic acids is 1. The number of benzene rings is 2. The number of pyridine rings is 1. The van der Waals surface area contributed by atoms with Crippen molar-refractivity contribution in [3.63, 3.8) is 0 Å². The number of nitrogens with one attached hydrogen (secondary N) is 1. The van der Waals surface area contributed by atoms with Crippen LogP contribution in [0.3, 0.4) is 0 Å². The van der Waals surface area contributed by atoms with Gasteiger partial charge in [0.1, 0.15) is 6.10 Å². The Labute approximate surface area is 205 Å². The van der Waals surface area contributed by atoms with Gasteiger partial charge in [-0.25, -0.2) is 13.2 Å². The lowest BCUT2D eigenvalue weighted by Crippen LogP contribution is -2.24. The van der Waals surface area contributed by atoms with Crippen molar-refractivity contribution < 1.29 is 17.9 Å². The molecule has 0 saturated carbocycles. The molecule has 0 aliphatic carbocycles. The Balaban J connectivity index is 1.79. The van der Waals surface area contributed by atoms with Gasteiger partial charge in [0.2, 0.25) is 0 Å². The topological polar surface area (TPSA) is 88.6 Å². The van der Waals surface area contributed by atoms with Crippen LogP contribution in [0.25, 0.3) is 0 Å². The molecular formula is C25H28ClN3O4S. The first-order chi connectivity index (χ1) is 16.2. The third kappa shape index (κ3) is 6.48. The molecule has 1 unspecified atom stereocenters. The molecule has 0 aliphatic rings. The van der Waals surface area contributed by atoms with E-state index in [9.17, 15) is 13.2 Å². The molecule has 3 aromatic rings. The van der Waals surface area contributed by atoms with Crippen LogP contribution >= 0.6 is 11.6 Å². The number of aromatic nitrogens is 1. The fourth-order valence-electron chi connectivity index (χ4n) is 3.56. The molecule has 34 heavy (non-hydrogen) atoms. The number of hydrogen-bond acceptors (Lipinski definition) is 6. The van der Waals surface area contributed by atoms with Crippen LogP contribution in [0.5, 0.6) is 0 Å². The van der Waals surface area contributed by atoms with E-state index in [-0.39, 0.29) is 4.90 Å². The molecule has 3 rings (SSSR count). The number of ether oxygens (including phenoxy) is 1. The molecule has 0 bridgehead atoms. The van der Waals surface area contributed by atoms with E-state index in [0.717, 1.165) is 24.3 Å². The third-order valence-electron chi connectivity index (χ3n) is 5.45. The second-order valence-corrected chi connectivity index (χ2v) is 10.2. The first-order valence-corrected chi connectivity index (χ1v) is 13.0. The number of carbonyl (C=O) groups is 1. The van der Waals surface area contributed by atoms with Crippen LogP contribution < -0.4 is 10.2 Å². The molecule has 9 heteroatoms. The highest BCUT2D eigenvalue weighted by Crippen LogP contribution is 2.26. The zero-order valence-electron chi connectivity index (χ0n) is 19.4. The largest absolute Gasteiger partial charge is 0.440 e. The lowest BCUT2D eigenvalue weighted by Gasteiger charge is -2.23. The number of nitrogens with zero attached hydrogens (tertiary/aromatic N) is 2. The highest BCUT2D eigenvalue weighted by atomic mass is 35.5. The van der Waals surface area contributed by atoms with E-state index in [0.29, 0.717) is 16.3 Å². The van der Waals surface area contributed by atoms with Crippen molar-refractivity contribution in [2.75, 3.05) is 29.1 Å². The normalized spacial score (nSPS) is 12.1. The Morgan fingerprint density at radius 3 is 2.29 bits per heavy atom. The van der Waals surface area contributed by atoms with Crippen LogP contribution in [0, 0.1) is 6.92 Å². The maximum absolute atomic E-state index is 13.0. The van der Waals surface area contributed by atoms with Crippen LogP contribution in [0.15, 0.2) is 71.9 Å². The van der Waals surface area contributed by atoms with Gasteiger partial charge in [0.15, 0.2) is 9.84 Å². The van der Waals surface area contributed by atoms with E-state index in [2.05, 4.69) is 29.0 Å². The summed E-state index contributed by atoms with van der Waals surface area (Å²) in [6.07, 6.45) is 1.27. The Hall–Kier alpha value is -3.10. The molecule has 1 N–H and O–H groups in total. The van der Waals surface area contributed by atoms with Crippen LogP contribution in [-0.2, 0) is 14.6 Å². The van der Waals surface area contributed by atoms with Gasteiger partial charge in [-0.1, -0.05) is 11.6 Å². The summed E-state index contributed by atoms with van der Waals surface area (Å²) in [5, 5.41) is 3.17. The highest BCUT2D eigenvalue weighted by molar-refractivity contribution is 7.91. The third-order valence-corrected chi connectivity index (χ3v) is 7.43. The van der Waals surface area contributed by atoms with E-state index >= 15 is 0 Å². The van der Waals surface area contributed by atoms with Crippen LogP contribution in [0.2, 0.25) is 5.02 Å². The van der Waals surface area contributed by atoms with E-state index in [1.807, 2.05) is 25.1 Å². The molecule has 0 radical (unpaired) electrons. The average Bonchev–Trinajstić information content (AvgIpc) is 2.82. The summed E-state index contributed by atoms with van der Waals surface area (Å²) in [7, 11) is -3.76. The standard InChI is InChI=1S/C25H28ClN3O4S/c1-4-29(5-2)21-8-11-23(18(3)16-21)28-25(30)33-24(19-12-14-27-15-13-19)17-34(31,32)22-9-6-20(26)7-10-22/h6-16,24H,4-5,17H2,1-3H3,(H,28,30). The van der Waals surface area contributed by atoms with Gasteiger partial charge in [0.25, 0.3) is 0 Å². The number of hydrogen-bond donors (Lipinski definition) is 1. The smallest absolute Gasteiger partial charge is 0.412 e. The summed E-state index contributed by atoms with van der Waals surface area (Å²) in [6, 6.07) is 14.9. The fraction of sp³-hybridized carbons (Fsp3) is 0.280. The molecule has 1 heterocycles. The van der Waals surface area contributed by atoms with Crippen molar-refractivity contribution in [1.82, 2.24) is 4.98 Å². The van der Waals surface area contributed by atoms with Gasteiger partial charge in [-0.3, -0.25) is 10.3 Å². The fourth-order valence-corrected chi connectivity index (χ4v) is 5.08. The first kappa shape index (κ1) is 25.5. The van der Waals surface area contributed by atoms with E-state index in [4.69, 9.17) is 16.3 Å². The van der Waals surface area contributed by atoms with Crippen molar-refractivity contribution in [3.8, 4) is 0 Å². The van der Waals surface area contributed by atoms with Gasteiger partial charge in [-0.15, -0.1) is 0 Å². The molecular weight excluding hydrogens is 474 g/mol. The lowest BCUT2D eigenvalue weighted by atomic mass is 10.1. The minimum Gasteiger partial charge on any atom is -0.440 e. The number of anilines is 2. The summed E-state index contributed by atoms with van der Waals surface area (Å²) in [5.74, 6) is -0.425. The van der Waals surface area contributed by atoms with Gasteiger partial charge in [-0.2, -0.15) is 0 Å². The summed E-state index contributed by atoms with van der Waals surface area (Å²) < 4.78 is 31.6. The monoisotopic (exact) mass is 501 g/mol. The lowest BCUT2D eigenvalue weighted by molar-refractivity contribution is 0.122. The predicted octanol–water partition coefficient (Wildman–Crippen LogP) is 5.65. The second kappa shape index (κ2) is 11.4. The van der Waals surface area contributed by atoms with E-state index < -0.39 is 27.8 Å². The molecule has 1 atom stereocenters.